The zero-order valence-corrected chi connectivity index (χ0v) is 29.0. The van der Waals surface area contributed by atoms with Crippen molar-refractivity contribution in [3.8, 4) is 0 Å². The molecule has 248 valence electrons. The lowest BCUT2D eigenvalue weighted by molar-refractivity contribution is -0.141. The van der Waals surface area contributed by atoms with Crippen LogP contribution in [0.15, 0.2) is 73.3 Å². The van der Waals surface area contributed by atoms with Gasteiger partial charge in [0.2, 0.25) is 5.91 Å². The van der Waals surface area contributed by atoms with Crippen LogP contribution < -0.4 is 10.6 Å². The van der Waals surface area contributed by atoms with Crippen molar-refractivity contribution in [3.63, 3.8) is 0 Å². The average molecular weight is 646 g/mol. The highest BCUT2D eigenvalue weighted by Crippen LogP contribution is 2.28. The van der Waals surface area contributed by atoms with Crippen LogP contribution in [-0.4, -0.2) is 53.0 Å². The van der Waals surface area contributed by atoms with Crippen molar-refractivity contribution < 1.29 is 19.1 Å². The van der Waals surface area contributed by atoms with Crippen LogP contribution in [0.25, 0.3) is 16.8 Å². The zero-order valence-electron chi connectivity index (χ0n) is 28.1. The molecule has 0 saturated carbocycles. The van der Waals surface area contributed by atoms with E-state index in [0.29, 0.717) is 30.0 Å². The fraction of sp³-hybridized carbons (Fsp3) is 0.447. The summed E-state index contributed by atoms with van der Waals surface area (Å²) >= 11 is 1.59. The monoisotopic (exact) mass is 645 g/mol. The molecule has 3 rings (SSSR count). The third-order valence-corrected chi connectivity index (χ3v) is 8.32. The Morgan fingerprint density at radius 1 is 0.935 bits per heavy atom. The molecule has 0 saturated heterocycles. The van der Waals surface area contributed by atoms with Crippen LogP contribution in [-0.2, 0) is 14.3 Å². The molecular weight excluding hydrogens is 595 g/mol. The Labute approximate surface area is 279 Å². The number of hydrogen-bond donors (Lipinski definition) is 2. The van der Waals surface area contributed by atoms with Gasteiger partial charge < -0.3 is 20.3 Å². The second kappa shape index (κ2) is 18.4. The average Bonchev–Trinajstić information content (AvgIpc) is 3.02. The molecule has 7 nitrogen and oxygen atoms in total. The number of anilines is 1. The van der Waals surface area contributed by atoms with Crippen LogP contribution in [0.3, 0.4) is 0 Å². The Bertz CT molecular complexity index is 1450. The summed E-state index contributed by atoms with van der Waals surface area (Å²) in [5.74, 6) is 0.0181. The summed E-state index contributed by atoms with van der Waals surface area (Å²) in [4.78, 5) is 43.5. The Balaban J connectivity index is 2.03. The van der Waals surface area contributed by atoms with Crippen LogP contribution in [0.4, 0.5) is 10.5 Å². The van der Waals surface area contributed by atoms with E-state index in [2.05, 4.69) is 24.1 Å². The number of amides is 3. The van der Waals surface area contributed by atoms with Gasteiger partial charge in [0, 0.05) is 12.2 Å². The van der Waals surface area contributed by atoms with Gasteiger partial charge in [0.05, 0.1) is 0 Å². The minimum Gasteiger partial charge on any atom is -0.444 e. The van der Waals surface area contributed by atoms with Crippen LogP contribution in [0.2, 0.25) is 0 Å². The first-order chi connectivity index (χ1) is 22.1. The maximum absolute atomic E-state index is 14.6. The molecule has 0 heterocycles. The molecule has 0 radical (unpaired) electrons. The van der Waals surface area contributed by atoms with Gasteiger partial charge in [-0.3, -0.25) is 9.59 Å². The Morgan fingerprint density at radius 2 is 1.65 bits per heavy atom. The minimum atomic E-state index is -0.938. The van der Waals surface area contributed by atoms with E-state index in [9.17, 15) is 14.4 Å². The third kappa shape index (κ3) is 11.5. The van der Waals surface area contributed by atoms with Crippen LogP contribution in [0.5, 0.6) is 0 Å². The summed E-state index contributed by atoms with van der Waals surface area (Å²) in [7, 11) is 0. The number of nitrogens with zero attached hydrogens (tertiary/aromatic N) is 1. The van der Waals surface area contributed by atoms with Gasteiger partial charge in [0.25, 0.3) is 5.91 Å². The Kier molecular flexibility index (Phi) is 14.7. The van der Waals surface area contributed by atoms with E-state index in [1.54, 1.807) is 43.5 Å². The molecule has 46 heavy (non-hydrogen) atoms. The maximum atomic E-state index is 14.6. The van der Waals surface area contributed by atoms with E-state index >= 15 is 0 Å². The predicted molar refractivity (Wildman–Crippen MR) is 193 cm³/mol. The summed E-state index contributed by atoms with van der Waals surface area (Å²) in [6, 6.07) is 19.5. The van der Waals surface area contributed by atoms with Gasteiger partial charge in [-0.2, -0.15) is 11.8 Å². The molecule has 0 spiro atoms. The number of thioether (sulfide) groups is 1. The SMILES string of the molecule is C=Cc1cccc(C(C(=O)Nc2ccc3ccccc3c2)N(CCCCCCCC)C(=O)C(CCSC)NC(=O)OC(C)(C)C)c1. The highest BCUT2D eigenvalue weighted by atomic mass is 32.2. The van der Waals surface area contributed by atoms with Crippen molar-refractivity contribution in [2.24, 2.45) is 0 Å². The summed E-state index contributed by atoms with van der Waals surface area (Å²) in [5, 5.41) is 8.01. The van der Waals surface area contributed by atoms with Gasteiger partial charge in [-0.05, 0) is 85.7 Å². The van der Waals surface area contributed by atoms with E-state index in [-0.39, 0.29) is 11.8 Å². The Hall–Kier alpha value is -3.78. The van der Waals surface area contributed by atoms with Crippen molar-refractivity contribution in [1.29, 1.82) is 0 Å². The number of fused-ring (bicyclic) bond motifs is 1. The zero-order chi connectivity index (χ0) is 33.5. The van der Waals surface area contributed by atoms with Crippen molar-refractivity contribution in [1.82, 2.24) is 10.2 Å². The van der Waals surface area contributed by atoms with Gasteiger partial charge in [-0.25, -0.2) is 4.79 Å². The molecule has 8 heteroatoms. The molecule has 0 aliphatic rings. The van der Waals surface area contributed by atoms with E-state index < -0.39 is 23.8 Å². The molecule has 2 atom stereocenters. The molecule has 2 N–H and O–H groups in total. The standard InChI is InChI=1S/C38H51N3O4S/c1-7-9-10-11-12-15-24-41(36(43)33(23-25-46-6)40-37(44)45-38(3,4)5)34(31-20-16-17-28(8-2)26-31)35(42)39-32-22-21-29-18-13-14-19-30(29)27-32/h8,13-14,16-22,26-27,33-34H,2,7,9-12,15,23-25H2,1,3-6H3,(H,39,42)(H,40,44). The fourth-order valence-electron chi connectivity index (χ4n) is 5.38. The van der Waals surface area contributed by atoms with Crippen molar-refractivity contribution in [2.45, 2.75) is 90.3 Å². The topological polar surface area (TPSA) is 87.7 Å². The number of unbranched alkanes of at least 4 members (excludes halogenated alkanes) is 5. The normalized spacial score (nSPS) is 12.6. The number of alkyl carbamates (subject to hydrolysis) is 1. The van der Waals surface area contributed by atoms with Crippen molar-refractivity contribution in [2.75, 3.05) is 23.9 Å². The van der Waals surface area contributed by atoms with Crippen LogP contribution in [0.1, 0.15) is 89.8 Å². The molecule has 3 aromatic rings. The maximum Gasteiger partial charge on any atom is 0.408 e. The quantitative estimate of drug-likeness (QED) is 0.143. The largest absolute Gasteiger partial charge is 0.444 e. The van der Waals surface area contributed by atoms with E-state index in [1.807, 2.05) is 73.0 Å². The van der Waals surface area contributed by atoms with Gasteiger partial charge in [-0.1, -0.05) is 100 Å². The number of hydrogen-bond acceptors (Lipinski definition) is 5. The second-order valence-corrected chi connectivity index (χ2v) is 13.6. The van der Waals surface area contributed by atoms with E-state index in [4.69, 9.17) is 4.74 Å². The van der Waals surface area contributed by atoms with Gasteiger partial charge in [0.1, 0.15) is 17.7 Å². The number of carbonyl (C=O) groups excluding carboxylic acids is 3. The number of benzene rings is 3. The van der Waals surface area contributed by atoms with Crippen LogP contribution >= 0.6 is 11.8 Å². The smallest absolute Gasteiger partial charge is 0.408 e. The molecule has 2 unspecified atom stereocenters. The van der Waals surface area contributed by atoms with Crippen molar-refractivity contribution in [3.05, 3.63) is 84.4 Å². The molecule has 0 aliphatic carbocycles. The van der Waals surface area contributed by atoms with E-state index in [0.717, 1.165) is 48.4 Å². The highest BCUT2D eigenvalue weighted by Gasteiger charge is 2.36. The molecular formula is C38H51N3O4S. The number of rotatable bonds is 17. The van der Waals surface area contributed by atoms with Crippen molar-refractivity contribution >= 4 is 52.2 Å². The van der Waals surface area contributed by atoms with Gasteiger partial charge >= 0.3 is 6.09 Å². The lowest BCUT2D eigenvalue weighted by Gasteiger charge is -2.35. The number of nitrogens with one attached hydrogen (secondary N) is 2. The first-order valence-electron chi connectivity index (χ1n) is 16.4. The number of ether oxygens (including phenoxy) is 1. The summed E-state index contributed by atoms with van der Waals surface area (Å²) in [5.41, 5.74) is 1.45. The summed E-state index contributed by atoms with van der Waals surface area (Å²) < 4.78 is 5.53. The summed E-state index contributed by atoms with van der Waals surface area (Å²) in [6.07, 6.45) is 9.61. The highest BCUT2D eigenvalue weighted by molar-refractivity contribution is 7.98. The first-order valence-corrected chi connectivity index (χ1v) is 17.8. The molecule has 3 aromatic carbocycles. The lowest BCUT2D eigenvalue weighted by Crippen LogP contribution is -2.52. The molecule has 0 aromatic heterocycles. The molecule has 0 bridgehead atoms. The number of carbonyl (C=O) groups is 3. The Morgan fingerprint density at radius 3 is 2.35 bits per heavy atom. The minimum absolute atomic E-state index is 0.309. The van der Waals surface area contributed by atoms with Gasteiger partial charge in [0.15, 0.2) is 0 Å². The van der Waals surface area contributed by atoms with Gasteiger partial charge in [-0.15, -0.1) is 0 Å². The fourth-order valence-corrected chi connectivity index (χ4v) is 5.85. The molecule has 3 amide bonds. The van der Waals surface area contributed by atoms with E-state index in [1.165, 1.54) is 6.42 Å². The summed E-state index contributed by atoms with van der Waals surface area (Å²) in [6.45, 7) is 11.8. The van der Waals surface area contributed by atoms with Crippen LogP contribution in [0, 0.1) is 0 Å². The molecule has 0 aliphatic heterocycles. The predicted octanol–water partition coefficient (Wildman–Crippen LogP) is 9.00. The molecule has 0 fully saturated rings. The first kappa shape index (κ1) is 36.7. The third-order valence-electron chi connectivity index (χ3n) is 7.67. The second-order valence-electron chi connectivity index (χ2n) is 12.6. The lowest BCUT2D eigenvalue weighted by atomic mass is 9.99.